The summed E-state index contributed by atoms with van der Waals surface area (Å²) in [6, 6.07) is -1.06. The van der Waals surface area contributed by atoms with E-state index in [1.54, 1.807) is 0 Å². The van der Waals surface area contributed by atoms with E-state index >= 15 is 0 Å². The standard InChI is InChI=1S/C14H24N4O5S/c1-8-12(10(3)23-17-8)24(21,22)18-9(2)13(20)15-7-11(19)16-14(4,5)6/h9,18H,7H2,1-6H3,(H,15,20)(H,16,19)/t9-/m0/s1. The number of nitrogens with one attached hydrogen (secondary N) is 3. The summed E-state index contributed by atoms with van der Waals surface area (Å²) in [5, 5.41) is 8.65. The number of carbonyl (C=O) groups is 2. The van der Waals surface area contributed by atoms with Gasteiger partial charge in [0.1, 0.15) is 10.6 Å². The number of sulfonamides is 1. The number of nitrogens with zero attached hydrogens (tertiary/aromatic N) is 1. The number of hydrogen-bond donors (Lipinski definition) is 3. The molecule has 0 bridgehead atoms. The molecule has 24 heavy (non-hydrogen) atoms. The Kier molecular flexibility index (Phi) is 6.12. The molecule has 0 saturated heterocycles. The first-order valence-electron chi connectivity index (χ1n) is 7.37. The van der Waals surface area contributed by atoms with Crippen LogP contribution in [0, 0.1) is 13.8 Å². The lowest BCUT2D eigenvalue weighted by Crippen LogP contribution is -2.50. The van der Waals surface area contributed by atoms with Crippen molar-refractivity contribution in [3.63, 3.8) is 0 Å². The third-order valence-corrected chi connectivity index (χ3v) is 4.68. The third kappa shape index (κ3) is 5.60. The molecule has 9 nitrogen and oxygen atoms in total. The number of hydrogen-bond acceptors (Lipinski definition) is 6. The van der Waals surface area contributed by atoms with Gasteiger partial charge >= 0.3 is 0 Å². The van der Waals surface area contributed by atoms with Gasteiger partial charge in [0.15, 0.2) is 5.76 Å². The van der Waals surface area contributed by atoms with E-state index in [0.717, 1.165) is 0 Å². The highest BCUT2D eigenvalue weighted by atomic mass is 32.2. The smallest absolute Gasteiger partial charge is 0.246 e. The molecule has 0 radical (unpaired) electrons. The van der Waals surface area contributed by atoms with E-state index in [9.17, 15) is 18.0 Å². The number of carbonyl (C=O) groups excluding carboxylic acids is 2. The molecule has 1 aromatic heterocycles. The highest BCUT2D eigenvalue weighted by Crippen LogP contribution is 2.18. The summed E-state index contributed by atoms with van der Waals surface area (Å²) in [6.07, 6.45) is 0. The maximum atomic E-state index is 12.3. The van der Waals surface area contributed by atoms with Crippen molar-refractivity contribution in [2.24, 2.45) is 0 Å². The minimum Gasteiger partial charge on any atom is -0.360 e. The van der Waals surface area contributed by atoms with Gasteiger partial charge < -0.3 is 15.2 Å². The second-order valence-corrected chi connectivity index (χ2v) is 8.16. The van der Waals surface area contributed by atoms with Crippen LogP contribution in [0.5, 0.6) is 0 Å². The van der Waals surface area contributed by atoms with E-state index in [-0.39, 0.29) is 28.8 Å². The van der Waals surface area contributed by atoms with E-state index in [2.05, 4.69) is 20.5 Å². The maximum absolute atomic E-state index is 12.3. The highest BCUT2D eigenvalue weighted by molar-refractivity contribution is 7.89. The van der Waals surface area contributed by atoms with E-state index in [1.807, 2.05) is 20.8 Å². The SMILES string of the molecule is Cc1noc(C)c1S(=O)(=O)N[C@@H](C)C(=O)NCC(=O)NC(C)(C)C. The number of rotatable bonds is 6. The lowest BCUT2D eigenvalue weighted by molar-refractivity contribution is -0.127. The quantitative estimate of drug-likeness (QED) is 0.654. The molecule has 0 aliphatic carbocycles. The Morgan fingerprint density at radius 2 is 1.83 bits per heavy atom. The topological polar surface area (TPSA) is 130 Å². The first kappa shape index (κ1) is 20.1. The van der Waals surface area contributed by atoms with Crippen molar-refractivity contribution in [3.8, 4) is 0 Å². The number of aromatic nitrogens is 1. The van der Waals surface area contributed by atoms with Crippen LogP contribution in [0.4, 0.5) is 0 Å². The van der Waals surface area contributed by atoms with Crippen molar-refractivity contribution in [2.45, 2.75) is 58.0 Å². The fourth-order valence-electron chi connectivity index (χ4n) is 1.99. The van der Waals surface area contributed by atoms with Gasteiger partial charge in [-0.05, 0) is 41.5 Å². The molecule has 0 fully saturated rings. The van der Waals surface area contributed by atoms with Gasteiger partial charge in [-0.15, -0.1) is 0 Å². The van der Waals surface area contributed by atoms with E-state index in [1.165, 1.54) is 20.8 Å². The third-order valence-electron chi connectivity index (χ3n) is 2.90. The molecule has 136 valence electrons. The van der Waals surface area contributed by atoms with Gasteiger partial charge in [-0.25, -0.2) is 8.42 Å². The molecule has 0 aromatic carbocycles. The molecule has 1 rings (SSSR count). The Balaban J connectivity index is 2.66. The van der Waals surface area contributed by atoms with Crippen LogP contribution < -0.4 is 15.4 Å². The van der Waals surface area contributed by atoms with Crippen LogP contribution in [-0.4, -0.2) is 43.5 Å². The highest BCUT2D eigenvalue weighted by Gasteiger charge is 2.28. The number of amides is 2. The average Bonchev–Trinajstić information content (AvgIpc) is 2.73. The van der Waals surface area contributed by atoms with Gasteiger partial charge in [-0.1, -0.05) is 5.16 Å². The summed E-state index contributed by atoms with van der Waals surface area (Å²) in [5.41, 5.74) is -0.213. The van der Waals surface area contributed by atoms with Crippen LogP contribution in [0.25, 0.3) is 0 Å². The van der Waals surface area contributed by atoms with Crippen LogP contribution in [0.1, 0.15) is 39.1 Å². The second kappa shape index (κ2) is 7.31. The Labute approximate surface area is 141 Å². The zero-order valence-electron chi connectivity index (χ0n) is 14.7. The van der Waals surface area contributed by atoms with Crippen LogP contribution in [-0.2, 0) is 19.6 Å². The van der Waals surface area contributed by atoms with Gasteiger partial charge in [0.25, 0.3) is 0 Å². The molecule has 0 unspecified atom stereocenters. The Hall–Kier alpha value is -1.94. The summed E-state index contributed by atoms with van der Waals surface area (Å²) in [6.45, 7) is 9.54. The molecule has 0 saturated carbocycles. The molecule has 0 aliphatic heterocycles. The Bertz CT molecular complexity index is 699. The molecule has 0 spiro atoms. The summed E-state index contributed by atoms with van der Waals surface area (Å²) < 4.78 is 31.7. The van der Waals surface area contributed by atoms with Crippen LogP contribution >= 0.6 is 0 Å². The normalized spacial score (nSPS) is 13.4. The Morgan fingerprint density at radius 3 is 2.29 bits per heavy atom. The molecule has 1 heterocycles. The van der Waals surface area contributed by atoms with Crippen LogP contribution in [0.3, 0.4) is 0 Å². The fourth-order valence-corrected chi connectivity index (χ4v) is 3.52. The van der Waals surface area contributed by atoms with Gasteiger partial charge in [-0.3, -0.25) is 9.59 Å². The summed E-state index contributed by atoms with van der Waals surface area (Å²) in [5.74, 6) is -0.844. The molecule has 1 atom stereocenters. The largest absolute Gasteiger partial charge is 0.360 e. The van der Waals surface area contributed by atoms with Gasteiger partial charge in [0.05, 0.1) is 12.6 Å². The van der Waals surface area contributed by atoms with E-state index < -0.39 is 27.5 Å². The van der Waals surface area contributed by atoms with Crippen molar-refractivity contribution in [1.29, 1.82) is 0 Å². The molecule has 2 amide bonds. The zero-order valence-corrected chi connectivity index (χ0v) is 15.5. The lowest BCUT2D eigenvalue weighted by atomic mass is 10.1. The van der Waals surface area contributed by atoms with Crippen LogP contribution in [0.2, 0.25) is 0 Å². The maximum Gasteiger partial charge on any atom is 0.246 e. The molecule has 0 aliphatic rings. The summed E-state index contributed by atoms with van der Waals surface area (Å²) in [4.78, 5) is 23.5. The monoisotopic (exact) mass is 360 g/mol. The predicted molar refractivity (Wildman–Crippen MR) is 86.7 cm³/mol. The van der Waals surface area contributed by atoms with Crippen molar-refractivity contribution in [3.05, 3.63) is 11.5 Å². The van der Waals surface area contributed by atoms with E-state index in [4.69, 9.17) is 4.52 Å². The van der Waals surface area contributed by atoms with Gasteiger partial charge in [0.2, 0.25) is 21.8 Å². The minimum atomic E-state index is -3.96. The van der Waals surface area contributed by atoms with Crippen molar-refractivity contribution in [2.75, 3.05) is 6.54 Å². The minimum absolute atomic E-state index is 0.0902. The van der Waals surface area contributed by atoms with Crippen molar-refractivity contribution < 1.29 is 22.5 Å². The predicted octanol–water partition coefficient (Wildman–Crippen LogP) is -0.0109. The first-order valence-corrected chi connectivity index (χ1v) is 8.86. The fraction of sp³-hybridized carbons (Fsp3) is 0.643. The lowest BCUT2D eigenvalue weighted by Gasteiger charge is -2.21. The summed E-state index contributed by atoms with van der Waals surface area (Å²) >= 11 is 0. The molecular formula is C14H24N4O5S. The molecule has 10 heteroatoms. The van der Waals surface area contributed by atoms with Crippen molar-refractivity contribution >= 4 is 21.8 Å². The first-order chi connectivity index (χ1) is 10.8. The zero-order chi connectivity index (χ0) is 18.7. The van der Waals surface area contributed by atoms with Crippen LogP contribution in [0.15, 0.2) is 9.42 Å². The van der Waals surface area contributed by atoms with Crippen molar-refractivity contribution in [1.82, 2.24) is 20.5 Å². The molecule has 3 N–H and O–H groups in total. The number of aryl methyl sites for hydroxylation is 2. The Morgan fingerprint density at radius 1 is 1.25 bits per heavy atom. The van der Waals surface area contributed by atoms with E-state index in [0.29, 0.717) is 0 Å². The molecule has 1 aromatic rings. The second-order valence-electron chi connectivity index (χ2n) is 6.51. The summed E-state index contributed by atoms with van der Waals surface area (Å²) in [7, 11) is -3.96. The van der Waals surface area contributed by atoms with Gasteiger partial charge in [-0.2, -0.15) is 4.72 Å². The van der Waals surface area contributed by atoms with Gasteiger partial charge in [0, 0.05) is 5.54 Å². The molecular weight excluding hydrogens is 336 g/mol. The average molecular weight is 360 g/mol.